The fraction of sp³-hybridized carbons (Fsp3) is 0.636. The van der Waals surface area contributed by atoms with Crippen LogP contribution in [0.5, 0.6) is 0 Å². The zero-order chi connectivity index (χ0) is 18.7. The van der Waals surface area contributed by atoms with Gasteiger partial charge in [-0.05, 0) is 81.0 Å². The Labute approximate surface area is 164 Å². The lowest BCUT2D eigenvalue weighted by Gasteiger charge is -2.34. The van der Waals surface area contributed by atoms with Gasteiger partial charge in [-0.25, -0.2) is 8.42 Å². The summed E-state index contributed by atoms with van der Waals surface area (Å²) in [6, 6.07) is 5.79. The molecule has 1 aromatic carbocycles. The van der Waals surface area contributed by atoms with Crippen LogP contribution in [0.25, 0.3) is 0 Å². The number of nitrogens with zero attached hydrogens (tertiary/aromatic N) is 2. The van der Waals surface area contributed by atoms with Gasteiger partial charge in [0.1, 0.15) is 0 Å². The van der Waals surface area contributed by atoms with E-state index in [4.69, 9.17) is 0 Å². The van der Waals surface area contributed by atoms with Crippen molar-refractivity contribution in [2.24, 2.45) is 0 Å². The van der Waals surface area contributed by atoms with Crippen molar-refractivity contribution in [3.05, 3.63) is 41.0 Å². The monoisotopic (exact) mass is 388 g/mol. The van der Waals surface area contributed by atoms with Crippen molar-refractivity contribution in [2.75, 3.05) is 32.7 Å². The molecule has 2 aliphatic carbocycles. The molecule has 0 unspecified atom stereocenters. The largest absolute Gasteiger partial charge is 0.300 e. The van der Waals surface area contributed by atoms with Crippen molar-refractivity contribution >= 4 is 10.0 Å². The van der Waals surface area contributed by atoms with Crippen LogP contribution in [0.3, 0.4) is 0 Å². The van der Waals surface area contributed by atoms with Crippen LogP contribution in [0.1, 0.15) is 56.1 Å². The molecule has 1 fully saturated rings. The summed E-state index contributed by atoms with van der Waals surface area (Å²) in [7, 11) is -3.36. The van der Waals surface area contributed by atoms with Gasteiger partial charge < -0.3 is 4.90 Å². The third kappa shape index (κ3) is 4.47. The van der Waals surface area contributed by atoms with E-state index in [1.54, 1.807) is 9.88 Å². The molecular weight excluding hydrogens is 356 g/mol. The minimum absolute atomic E-state index is 0.490. The first-order valence-electron chi connectivity index (χ1n) is 10.7. The fourth-order valence-corrected chi connectivity index (χ4v) is 6.12. The highest BCUT2D eigenvalue weighted by molar-refractivity contribution is 7.89. The van der Waals surface area contributed by atoms with E-state index in [0.29, 0.717) is 18.0 Å². The molecule has 0 saturated carbocycles. The molecule has 27 heavy (non-hydrogen) atoms. The molecule has 4 nitrogen and oxygen atoms in total. The topological polar surface area (TPSA) is 40.6 Å². The second kappa shape index (κ2) is 8.46. The van der Waals surface area contributed by atoms with Gasteiger partial charge in [0.05, 0.1) is 4.90 Å². The molecule has 5 heteroatoms. The Hall–Kier alpha value is -1.17. The van der Waals surface area contributed by atoms with Gasteiger partial charge in [-0.3, -0.25) is 0 Å². The normalized spacial score (nSPS) is 22.3. The van der Waals surface area contributed by atoms with Crippen LogP contribution in [0, 0.1) is 0 Å². The lowest BCUT2D eigenvalue weighted by atomic mass is 9.92. The van der Waals surface area contributed by atoms with Crippen LogP contribution in [0.2, 0.25) is 0 Å². The Kier molecular flexibility index (Phi) is 6.00. The van der Waals surface area contributed by atoms with Crippen molar-refractivity contribution in [3.8, 4) is 0 Å². The summed E-state index contributed by atoms with van der Waals surface area (Å²) in [6.07, 6.45) is 13.2. The molecule has 0 amide bonds. The van der Waals surface area contributed by atoms with Crippen molar-refractivity contribution in [2.45, 2.75) is 62.7 Å². The summed E-state index contributed by atoms with van der Waals surface area (Å²) in [5.41, 5.74) is 4.18. The lowest BCUT2D eigenvalue weighted by molar-refractivity contribution is 0.189. The Balaban J connectivity index is 1.35. The molecule has 0 aromatic heterocycles. The summed E-state index contributed by atoms with van der Waals surface area (Å²) < 4.78 is 27.9. The molecule has 0 spiro atoms. The summed E-state index contributed by atoms with van der Waals surface area (Å²) in [5, 5.41) is 0. The van der Waals surface area contributed by atoms with Crippen molar-refractivity contribution in [1.29, 1.82) is 0 Å². The molecule has 1 aromatic rings. The van der Waals surface area contributed by atoms with Gasteiger partial charge in [-0.2, -0.15) is 4.31 Å². The minimum atomic E-state index is -3.36. The van der Waals surface area contributed by atoms with Gasteiger partial charge in [0.25, 0.3) is 0 Å². The van der Waals surface area contributed by atoms with Gasteiger partial charge >= 0.3 is 0 Å². The maximum Gasteiger partial charge on any atom is 0.243 e. The zero-order valence-corrected chi connectivity index (χ0v) is 17.1. The van der Waals surface area contributed by atoms with E-state index >= 15 is 0 Å². The van der Waals surface area contributed by atoms with Crippen LogP contribution >= 0.6 is 0 Å². The molecule has 1 aliphatic heterocycles. The third-order valence-corrected chi connectivity index (χ3v) is 8.32. The summed E-state index contributed by atoms with van der Waals surface area (Å²) in [4.78, 5) is 2.91. The zero-order valence-electron chi connectivity index (χ0n) is 16.3. The van der Waals surface area contributed by atoms with Crippen LogP contribution in [-0.2, 0) is 22.9 Å². The maximum absolute atomic E-state index is 13.1. The number of aryl methyl sites for hydroxylation is 2. The molecule has 0 atom stereocenters. The molecule has 1 heterocycles. The molecule has 0 radical (unpaired) electrons. The van der Waals surface area contributed by atoms with Gasteiger partial charge in [0.2, 0.25) is 10.0 Å². The Morgan fingerprint density at radius 3 is 2.33 bits per heavy atom. The number of hydrogen-bond donors (Lipinski definition) is 0. The quantitative estimate of drug-likeness (QED) is 0.721. The number of rotatable bonds is 5. The summed E-state index contributed by atoms with van der Waals surface area (Å²) in [5.74, 6) is 0. The van der Waals surface area contributed by atoms with Gasteiger partial charge in [0, 0.05) is 32.7 Å². The summed E-state index contributed by atoms with van der Waals surface area (Å²) in [6.45, 7) is 3.98. The molecule has 0 N–H and O–H groups in total. The highest BCUT2D eigenvalue weighted by Gasteiger charge is 2.29. The first kappa shape index (κ1) is 19.2. The highest BCUT2D eigenvalue weighted by Crippen LogP contribution is 2.26. The average molecular weight is 389 g/mol. The maximum atomic E-state index is 13.1. The van der Waals surface area contributed by atoms with Crippen LogP contribution in [0.4, 0.5) is 0 Å². The average Bonchev–Trinajstić information content (AvgIpc) is 2.73. The third-order valence-electron chi connectivity index (χ3n) is 6.42. The fourth-order valence-electron chi connectivity index (χ4n) is 4.65. The number of hydrogen-bond acceptors (Lipinski definition) is 3. The standard InChI is InChI=1S/C22H32N2O2S/c25-27(26,22-11-10-20-8-4-5-9-21(20)18-22)24-16-14-23(15-17-24)13-12-19-6-2-1-3-7-19/h6,10-11,18H,1-5,7-9,12-17H2. The second-order valence-corrected chi connectivity index (χ2v) is 10.2. The van der Waals surface area contributed by atoms with Crippen LogP contribution in [0.15, 0.2) is 34.7 Å². The van der Waals surface area contributed by atoms with Crippen molar-refractivity contribution in [1.82, 2.24) is 9.21 Å². The van der Waals surface area contributed by atoms with E-state index in [9.17, 15) is 8.42 Å². The van der Waals surface area contributed by atoms with E-state index in [2.05, 4.69) is 11.0 Å². The smallest absolute Gasteiger partial charge is 0.243 e. The molecule has 0 bridgehead atoms. The predicted octanol–water partition coefficient (Wildman–Crippen LogP) is 3.76. The minimum Gasteiger partial charge on any atom is -0.300 e. The van der Waals surface area contributed by atoms with Crippen molar-refractivity contribution < 1.29 is 8.42 Å². The van der Waals surface area contributed by atoms with Gasteiger partial charge in [-0.15, -0.1) is 0 Å². The highest BCUT2D eigenvalue weighted by atomic mass is 32.2. The van der Waals surface area contributed by atoms with E-state index in [1.165, 1.54) is 49.7 Å². The van der Waals surface area contributed by atoms with Gasteiger partial charge in [0.15, 0.2) is 0 Å². The number of fused-ring (bicyclic) bond motifs is 1. The molecule has 1 saturated heterocycles. The molecule has 148 valence electrons. The van der Waals surface area contributed by atoms with E-state index < -0.39 is 10.0 Å². The Morgan fingerprint density at radius 2 is 1.59 bits per heavy atom. The Morgan fingerprint density at radius 1 is 0.852 bits per heavy atom. The number of benzene rings is 1. The molecule has 4 rings (SSSR count). The van der Waals surface area contributed by atoms with E-state index in [-0.39, 0.29) is 0 Å². The molecular formula is C22H32N2O2S. The van der Waals surface area contributed by atoms with E-state index in [1.807, 2.05) is 18.2 Å². The SMILES string of the molecule is O=S(=O)(c1ccc2c(c1)CCCC2)N1CCN(CCC2=CCCCC2)CC1. The Bertz CT molecular complexity index is 793. The summed E-state index contributed by atoms with van der Waals surface area (Å²) >= 11 is 0. The first-order valence-corrected chi connectivity index (χ1v) is 12.1. The van der Waals surface area contributed by atoms with Crippen LogP contribution < -0.4 is 0 Å². The lowest BCUT2D eigenvalue weighted by Crippen LogP contribution is -2.48. The second-order valence-electron chi connectivity index (χ2n) is 8.24. The first-order chi connectivity index (χ1) is 13.1. The number of allylic oxidation sites excluding steroid dienone is 1. The number of piperazine rings is 1. The number of sulfonamides is 1. The predicted molar refractivity (Wildman–Crippen MR) is 109 cm³/mol. The molecule has 3 aliphatic rings. The van der Waals surface area contributed by atoms with Gasteiger partial charge in [-0.1, -0.05) is 17.7 Å². The van der Waals surface area contributed by atoms with Crippen molar-refractivity contribution in [3.63, 3.8) is 0 Å². The van der Waals surface area contributed by atoms with E-state index in [0.717, 1.165) is 38.9 Å². The van der Waals surface area contributed by atoms with Crippen LogP contribution in [-0.4, -0.2) is 50.3 Å².